The Morgan fingerprint density at radius 1 is 1.41 bits per heavy atom. The number of carboxylic acids is 1. The van der Waals surface area contributed by atoms with Gasteiger partial charge in [0.25, 0.3) is 0 Å². The molecule has 2 aromatic rings. The standard InChI is InChI=1S/C14H15BrN4O3/c1-14(2,13(21)22)6-12(20)18-10-5-9(15)3-4-11(10)19-8-16-7-17-19/h3-5,7-8H,6H2,1-2H3,(H,18,20)(H,21,22). The summed E-state index contributed by atoms with van der Waals surface area (Å²) in [5.74, 6) is -1.40. The first kappa shape index (κ1) is 16.2. The molecule has 8 heteroatoms. The average molecular weight is 367 g/mol. The second-order valence-corrected chi connectivity index (χ2v) is 6.33. The maximum atomic E-state index is 12.1. The van der Waals surface area contributed by atoms with Gasteiger partial charge < -0.3 is 10.4 Å². The molecule has 1 aromatic carbocycles. The van der Waals surface area contributed by atoms with Crippen molar-refractivity contribution in [2.75, 3.05) is 5.32 Å². The molecule has 0 aliphatic carbocycles. The molecule has 0 saturated heterocycles. The van der Waals surface area contributed by atoms with Gasteiger partial charge in [-0.1, -0.05) is 15.9 Å². The van der Waals surface area contributed by atoms with Gasteiger partial charge in [-0.3, -0.25) is 9.59 Å². The summed E-state index contributed by atoms with van der Waals surface area (Å²) >= 11 is 3.34. The first-order valence-electron chi connectivity index (χ1n) is 6.47. The van der Waals surface area contributed by atoms with E-state index in [1.54, 1.807) is 12.1 Å². The van der Waals surface area contributed by atoms with Crippen LogP contribution in [0.5, 0.6) is 0 Å². The second kappa shape index (κ2) is 6.27. The summed E-state index contributed by atoms with van der Waals surface area (Å²) in [5, 5.41) is 15.9. The van der Waals surface area contributed by atoms with Crippen molar-refractivity contribution in [3.63, 3.8) is 0 Å². The van der Waals surface area contributed by atoms with Crippen molar-refractivity contribution in [2.24, 2.45) is 5.41 Å². The van der Waals surface area contributed by atoms with Gasteiger partial charge in [-0.15, -0.1) is 0 Å². The summed E-state index contributed by atoms with van der Waals surface area (Å²) in [5.41, 5.74) is 0.0250. The van der Waals surface area contributed by atoms with Crippen LogP contribution in [0, 0.1) is 5.41 Å². The van der Waals surface area contributed by atoms with Crippen molar-refractivity contribution in [3.05, 3.63) is 35.3 Å². The van der Waals surface area contributed by atoms with Gasteiger partial charge >= 0.3 is 5.97 Å². The molecule has 116 valence electrons. The lowest BCUT2D eigenvalue weighted by atomic mass is 9.89. The van der Waals surface area contributed by atoms with E-state index in [0.717, 1.165) is 4.47 Å². The van der Waals surface area contributed by atoms with Gasteiger partial charge in [0, 0.05) is 10.9 Å². The zero-order valence-electron chi connectivity index (χ0n) is 12.1. The van der Waals surface area contributed by atoms with Crippen molar-refractivity contribution in [1.29, 1.82) is 0 Å². The van der Waals surface area contributed by atoms with Crippen molar-refractivity contribution in [3.8, 4) is 5.69 Å². The summed E-state index contributed by atoms with van der Waals surface area (Å²) in [6, 6.07) is 5.31. The van der Waals surface area contributed by atoms with Gasteiger partial charge in [-0.05, 0) is 32.0 Å². The topological polar surface area (TPSA) is 97.1 Å². The molecule has 0 atom stereocenters. The number of aliphatic carboxylic acids is 1. The van der Waals surface area contributed by atoms with Gasteiger partial charge in [-0.2, -0.15) is 5.10 Å². The highest BCUT2D eigenvalue weighted by Gasteiger charge is 2.30. The van der Waals surface area contributed by atoms with Crippen LogP contribution >= 0.6 is 15.9 Å². The Morgan fingerprint density at radius 3 is 2.73 bits per heavy atom. The van der Waals surface area contributed by atoms with Crippen LogP contribution in [-0.4, -0.2) is 31.7 Å². The Labute approximate surface area is 135 Å². The molecule has 1 heterocycles. The molecule has 0 radical (unpaired) electrons. The third-order valence-electron chi connectivity index (χ3n) is 3.08. The number of carbonyl (C=O) groups is 2. The molecule has 0 spiro atoms. The van der Waals surface area contributed by atoms with E-state index in [4.69, 9.17) is 5.11 Å². The van der Waals surface area contributed by atoms with E-state index in [1.165, 1.54) is 31.2 Å². The number of carbonyl (C=O) groups excluding carboxylic acids is 1. The fourth-order valence-corrected chi connectivity index (χ4v) is 2.17. The predicted octanol–water partition coefficient (Wildman–Crippen LogP) is 2.47. The van der Waals surface area contributed by atoms with Crippen LogP contribution in [-0.2, 0) is 9.59 Å². The minimum absolute atomic E-state index is 0.133. The summed E-state index contributed by atoms with van der Waals surface area (Å²) < 4.78 is 2.30. The first-order chi connectivity index (χ1) is 10.3. The zero-order chi connectivity index (χ0) is 16.3. The predicted molar refractivity (Wildman–Crippen MR) is 83.7 cm³/mol. The SMILES string of the molecule is CC(C)(CC(=O)Nc1cc(Br)ccc1-n1cncn1)C(=O)O. The molecule has 0 aliphatic heterocycles. The van der Waals surface area contributed by atoms with Gasteiger partial charge in [0.05, 0.1) is 16.8 Å². The Morgan fingerprint density at radius 2 is 2.14 bits per heavy atom. The lowest BCUT2D eigenvalue weighted by molar-refractivity contribution is -0.148. The van der Waals surface area contributed by atoms with Gasteiger partial charge in [0.2, 0.25) is 5.91 Å². The Hall–Kier alpha value is -2.22. The fourth-order valence-electron chi connectivity index (χ4n) is 1.81. The molecule has 22 heavy (non-hydrogen) atoms. The smallest absolute Gasteiger partial charge is 0.309 e. The molecular weight excluding hydrogens is 352 g/mol. The average Bonchev–Trinajstić information content (AvgIpc) is 2.91. The number of aromatic nitrogens is 3. The van der Waals surface area contributed by atoms with Crippen molar-refractivity contribution in [1.82, 2.24) is 14.8 Å². The van der Waals surface area contributed by atoms with E-state index in [9.17, 15) is 9.59 Å². The Kier molecular flexibility index (Phi) is 4.60. The zero-order valence-corrected chi connectivity index (χ0v) is 13.7. The van der Waals surface area contributed by atoms with E-state index >= 15 is 0 Å². The number of nitrogens with zero attached hydrogens (tertiary/aromatic N) is 3. The van der Waals surface area contributed by atoms with Gasteiger partial charge in [0.1, 0.15) is 12.7 Å². The molecule has 0 bridgehead atoms. The van der Waals surface area contributed by atoms with E-state index in [1.807, 2.05) is 6.07 Å². The number of halogens is 1. The minimum atomic E-state index is -1.14. The highest BCUT2D eigenvalue weighted by atomic mass is 79.9. The molecule has 1 amide bonds. The molecule has 0 fully saturated rings. The quantitative estimate of drug-likeness (QED) is 0.846. The van der Waals surface area contributed by atoms with Crippen molar-refractivity contribution < 1.29 is 14.7 Å². The summed E-state index contributed by atoms with van der Waals surface area (Å²) in [6.45, 7) is 3.02. The summed E-state index contributed by atoms with van der Waals surface area (Å²) in [6.07, 6.45) is 2.77. The number of hydrogen-bond donors (Lipinski definition) is 2. The number of hydrogen-bond acceptors (Lipinski definition) is 4. The minimum Gasteiger partial charge on any atom is -0.481 e. The highest BCUT2D eigenvalue weighted by molar-refractivity contribution is 9.10. The lowest BCUT2D eigenvalue weighted by Gasteiger charge is -2.19. The molecule has 0 unspecified atom stereocenters. The maximum absolute atomic E-state index is 12.1. The fraction of sp³-hybridized carbons (Fsp3) is 0.286. The number of anilines is 1. The number of rotatable bonds is 5. The van der Waals surface area contributed by atoms with Crippen LogP contribution < -0.4 is 5.32 Å². The van der Waals surface area contributed by atoms with Gasteiger partial charge in [0.15, 0.2) is 0 Å². The lowest BCUT2D eigenvalue weighted by Crippen LogP contribution is -2.29. The third-order valence-corrected chi connectivity index (χ3v) is 3.57. The molecule has 2 N–H and O–H groups in total. The largest absolute Gasteiger partial charge is 0.481 e. The van der Waals surface area contributed by atoms with Crippen LogP contribution in [0.2, 0.25) is 0 Å². The van der Waals surface area contributed by atoms with Crippen molar-refractivity contribution >= 4 is 33.5 Å². The third kappa shape index (κ3) is 3.70. The highest BCUT2D eigenvalue weighted by Crippen LogP contribution is 2.26. The summed E-state index contributed by atoms with van der Waals surface area (Å²) in [7, 11) is 0. The van der Waals surface area contributed by atoms with Crippen molar-refractivity contribution in [2.45, 2.75) is 20.3 Å². The second-order valence-electron chi connectivity index (χ2n) is 5.42. The molecule has 0 aliphatic rings. The van der Waals surface area contributed by atoms with Crippen LogP contribution in [0.15, 0.2) is 35.3 Å². The Balaban J connectivity index is 2.24. The van der Waals surface area contributed by atoms with E-state index in [2.05, 4.69) is 31.3 Å². The Bertz CT molecular complexity index is 698. The normalized spacial score (nSPS) is 11.2. The van der Waals surface area contributed by atoms with Crippen LogP contribution in [0.1, 0.15) is 20.3 Å². The maximum Gasteiger partial charge on any atom is 0.309 e. The van der Waals surface area contributed by atoms with Gasteiger partial charge in [-0.25, -0.2) is 9.67 Å². The molecule has 2 rings (SSSR count). The molecule has 0 saturated carbocycles. The number of amides is 1. The number of benzene rings is 1. The van der Waals surface area contributed by atoms with E-state index in [0.29, 0.717) is 11.4 Å². The van der Waals surface area contributed by atoms with Crippen LogP contribution in [0.25, 0.3) is 5.69 Å². The van der Waals surface area contributed by atoms with E-state index < -0.39 is 11.4 Å². The van der Waals surface area contributed by atoms with Crippen LogP contribution in [0.3, 0.4) is 0 Å². The summed E-state index contributed by atoms with van der Waals surface area (Å²) in [4.78, 5) is 27.1. The molecular formula is C14H15BrN4O3. The molecule has 7 nitrogen and oxygen atoms in total. The molecule has 1 aromatic heterocycles. The first-order valence-corrected chi connectivity index (χ1v) is 7.27. The van der Waals surface area contributed by atoms with E-state index in [-0.39, 0.29) is 12.3 Å². The monoisotopic (exact) mass is 366 g/mol. The number of nitrogens with one attached hydrogen (secondary N) is 1. The number of carboxylic acid groups (broad SMARTS) is 1. The van der Waals surface area contributed by atoms with Crippen LogP contribution in [0.4, 0.5) is 5.69 Å².